The van der Waals surface area contributed by atoms with Gasteiger partial charge in [0.25, 0.3) is 0 Å². The van der Waals surface area contributed by atoms with Crippen LogP contribution < -0.4 is 5.73 Å². The molecular formula is C50H81NO12. The number of fused-ring (bicyclic) bond motifs is 2. The average Bonchev–Trinajstić information content (AvgIpc) is 3.21. The van der Waals surface area contributed by atoms with Crippen molar-refractivity contribution in [3.05, 3.63) is 85.1 Å². The first-order valence-corrected chi connectivity index (χ1v) is 23.1. The molecular weight excluding hydrogens is 807 g/mol. The Labute approximate surface area is 376 Å². The van der Waals surface area contributed by atoms with Crippen molar-refractivity contribution in [3.63, 3.8) is 0 Å². The van der Waals surface area contributed by atoms with Crippen LogP contribution in [0, 0.1) is 35.5 Å². The van der Waals surface area contributed by atoms with E-state index in [4.69, 9.17) is 24.7 Å². The topological polar surface area (TPSA) is 222 Å². The van der Waals surface area contributed by atoms with Crippen LogP contribution in [0.5, 0.6) is 0 Å². The van der Waals surface area contributed by atoms with Crippen LogP contribution in [0.2, 0.25) is 0 Å². The highest BCUT2D eigenvalue weighted by Gasteiger charge is 2.46. The second kappa shape index (κ2) is 27.0. The third-order valence-electron chi connectivity index (χ3n) is 13.3. The van der Waals surface area contributed by atoms with Gasteiger partial charge >= 0.3 is 5.97 Å². The number of rotatable bonds is 2. The van der Waals surface area contributed by atoms with E-state index in [1.165, 1.54) is 0 Å². The van der Waals surface area contributed by atoms with Crippen molar-refractivity contribution < 1.29 is 59.5 Å². The third-order valence-corrected chi connectivity index (χ3v) is 13.3. The number of hydrogen-bond donors (Lipinski definition) is 8. The summed E-state index contributed by atoms with van der Waals surface area (Å²) in [6, 6.07) is -0.542. The van der Waals surface area contributed by atoms with Gasteiger partial charge in [0.15, 0.2) is 12.1 Å². The summed E-state index contributed by atoms with van der Waals surface area (Å²) in [4.78, 5) is 12.7. The summed E-state index contributed by atoms with van der Waals surface area (Å²) in [6.45, 7) is 15.0. The number of hydrogen-bond acceptors (Lipinski definition) is 13. The average molecular weight is 888 g/mol. The molecule has 2 bridgehead atoms. The predicted octanol–water partition coefficient (Wildman–Crippen LogP) is 5.47. The molecule has 13 heteroatoms. The number of carbonyl (C=O) groups excluding carboxylic acids is 1. The van der Waals surface area contributed by atoms with Crippen LogP contribution >= 0.6 is 0 Å². The number of esters is 1. The van der Waals surface area contributed by atoms with Gasteiger partial charge in [-0.2, -0.15) is 0 Å². The zero-order chi connectivity index (χ0) is 46.9. The summed E-state index contributed by atoms with van der Waals surface area (Å²) in [6.07, 6.45) is 18.6. The van der Waals surface area contributed by atoms with E-state index in [2.05, 4.69) is 13.8 Å². The largest absolute Gasteiger partial charge is 0.462 e. The fourth-order valence-electron chi connectivity index (χ4n) is 8.44. The monoisotopic (exact) mass is 888 g/mol. The zero-order valence-corrected chi connectivity index (χ0v) is 38.9. The minimum absolute atomic E-state index is 0.0348. The fraction of sp³-hybridized carbons (Fsp3) is 0.700. The van der Waals surface area contributed by atoms with Crippen LogP contribution in [0.4, 0.5) is 0 Å². The van der Waals surface area contributed by atoms with Crippen molar-refractivity contribution in [2.45, 2.75) is 186 Å². The Bertz CT molecular complexity index is 1560. The molecule has 0 amide bonds. The van der Waals surface area contributed by atoms with E-state index in [0.717, 1.165) is 0 Å². The molecule has 0 aromatic rings. The Hall–Kier alpha value is -2.79. The normalized spacial score (nSPS) is 46.6. The predicted molar refractivity (Wildman–Crippen MR) is 245 cm³/mol. The van der Waals surface area contributed by atoms with Crippen molar-refractivity contribution >= 4 is 5.97 Å². The van der Waals surface area contributed by atoms with Crippen LogP contribution in [0.25, 0.3) is 0 Å². The molecule has 0 aromatic heterocycles. The van der Waals surface area contributed by atoms with Gasteiger partial charge in [0, 0.05) is 43.1 Å². The van der Waals surface area contributed by atoms with Gasteiger partial charge in [0.05, 0.1) is 61.4 Å². The Balaban J connectivity index is 1.81. The quantitative estimate of drug-likeness (QED) is 0.161. The van der Waals surface area contributed by atoms with Gasteiger partial charge in [0.1, 0.15) is 6.10 Å². The van der Waals surface area contributed by atoms with Gasteiger partial charge in [-0.15, -0.1) is 0 Å². The molecule has 0 saturated carbocycles. The molecule has 13 unspecified atom stereocenters. The molecule has 2 fully saturated rings. The lowest BCUT2D eigenvalue weighted by Gasteiger charge is -2.47. The van der Waals surface area contributed by atoms with E-state index >= 15 is 0 Å². The maximum Gasteiger partial charge on any atom is 0.308 e. The molecule has 9 N–H and O–H groups in total. The summed E-state index contributed by atoms with van der Waals surface area (Å²) in [5, 5.41) is 76.6. The molecule has 3 aliphatic heterocycles. The highest BCUT2D eigenvalue weighted by Crippen LogP contribution is 2.41. The number of carbonyl (C=O) groups is 1. The number of nitrogens with two attached hydrogens (primary N) is 1. The lowest BCUT2D eigenvalue weighted by Crippen LogP contribution is -2.57. The number of cyclic esters (lactones) is 1. The van der Waals surface area contributed by atoms with Crippen molar-refractivity contribution in [1.82, 2.24) is 0 Å². The Morgan fingerprint density at radius 1 is 0.619 bits per heavy atom. The number of ether oxygens (including phenoxy) is 4. The van der Waals surface area contributed by atoms with Crippen LogP contribution in [-0.2, 0) is 23.7 Å². The number of aliphatic hydroxyl groups excluding tert-OH is 6. The minimum atomic E-state index is -1.62. The smallest absolute Gasteiger partial charge is 0.308 e. The highest BCUT2D eigenvalue weighted by molar-refractivity contribution is 5.70. The van der Waals surface area contributed by atoms with Crippen molar-refractivity contribution in [2.24, 2.45) is 41.2 Å². The fourth-order valence-corrected chi connectivity index (χ4v) is 8.44. The summed E-state index contributed by atoms with van der Waals surface area (Å²) >= 11 is 0. The van der Waals surface area contributed by atoms with Crippen LogP contribution in [0.15, 0.2) is 85.1 Å². The minimum Gasteiger partial charge on any atom is -0.462 e. The van der Waals surface area contributed by atoms with E-state index in [9.17, 15) is 40.5 Å². The first-order chi connectivity index (χ1) is 29.7. The Morgan fingerprint density at radius 2 is 1.17 bits per heavy atom. The maximum atomic E-state index is 12.7. The lowest BCUT2D eigenvalue weighted by molar-refractivity contribution is -0.299. The number of allylic oxidation sites excluding steroid dienone is 12. The van der Waals surface area contributed by atoms with Gasteiger partial charge in [-0.25, -0.2) is 0 Å². The van der Waals surface area contributed by atoms with E-state index in [0.29, 0.717) is 19.3 Å². The summed E-state index contributed by atoms with van der Waals surface area (Å²) in [7, 11) is 0. The molecule has 63 heavy (non-hydrogen) atoms. The standard InChI is InChI=1S/C50H81NO12/c1-31-23-24-39(52)25-40(53)26-41(54)27-45(56)60-37(7)35(5)47(57)32(2)21-19-17-15-13-11-9-10-12-14-16-18-20-22-42(62-49-36(6)46(51)48(58)38(8)61-49)28-44-34(4)33(3)29-50(59,63-44)30-43(31)55/h9-22,31-44,46-49,52-55,57-59H,23-30,51H2,1-8H3/b10-9+,13-11+,14-12+,17-15+,18-16+,21-19+,22-20+/t31?,32-,33?,34?,35-,36?,37-,38?,39?,40?,41?,42-,43?,44?,46?,47+,48?,49?,50-/m0/s1. The molecule has 3 rings (SSSR count). The molecule has 358 valence electrons. The van der Waals surface area contributed by atoms with Gasteiger partial charge in [-0.1, -0.05) is 127 Å². The molecule has 0 radical (unpaired) electrons. The second-order valence-corrected chi connectivity index (χ2v) is 18.8. The molecule has 0 aliphatic carbocycles. The summed E-state index contributed by atoms with van der Waals surface area (Å²) < 4.78 is 24.6. The summed E-state index contributed by atoms with van der Waals surface area (Å²) in [5.74, 6) is -3.43. The van der Waals surface area contributed by atoms with Crippen LogP contribution in [0.3, 0.4) is 0 Å². The van der Waals surface area contributed by atoms with E-state index in [1.54, 1.807) is 20.8 Å². The van der Waals surface area contributed by atoms with E-state index in [-0.39, 0.29) is 61.7 Å². The highest BCUT2D eigenvalue weighted by atomic mass is 16.7. The van der Waals surface area contributed by atoms with Gasteiger partial charge in [-0.3, -0.25) is 4.79 Å². The van der Waals surface area contributed by atoms with Crippen molar-refractivity contribution in [3.8, 4) is 0 Å². The molecule has 3 aliphatic rings. The van der Waals surface area contributed by atoms with Gasteiger partial charge < -0.3 is 60.4 Å². The van der Waals surface area contributed by atoms with Crippen LogP contribution in [0.1, 0.15) is 107 Å². The second-order valence-electron chi connectivity index (χ2n) is 18.8. The first-order valence-electron chi connectivity index (χ1n) is 23.1. The Kier molecular flexibility index (Phi) is 23.4. The molecule has 0 spiro atoms. The molecule has 13 nitrogen and oxygen atoms in total. The molecule has 19 atom stereocenters. The first kappa shape index (κ1) is 54.5. The number of aliphatic hydroxyl groups is 7. The van der Waals surface area contributed by atoms with Gasteiger partial charge in [-0.05, 0) is 57.3 Å². The molecule has 3 heterocycles. The molecule has 0 aromatic carbocycles. The maximum absolute atomic E-state index is 12.7. The van der Waals surface area contributed by atoms with E-state index in [1.807, 2.05) is 106 Å². The van der Waals surface area contributed by atoms with Crippen LogP contribution in [-0.4, -0.2) is 121 Å². The zero-order valence-electron chi connectivity index (χ0n) is 38.9. The lowest BCUT2D eigenvalue weighted by atomic mass is 9.78. The summed E-state index contributed by atoms with van der Waals surface area (Å²) in [5.41, 5.74) is 6.36. The van der Waals surface area contributed by atoms with Crippen molar-refractivity contribution in [2.75, 3.05) is 0 Å². The Morgan fingerprint density at radius 3 is 1.78 bits per heavy atom. The van der Waals surface area contributed by atoms with Crippen molar-refractivity contribution in [1.29, 1.82) is 0 Å². The third kappa shape index (κ3) is 18.6. The molecule has 2 saturated heterocycles. The van der Waals surface area contributed by atoms with E-state index < -0.39 is 91.0 Å². The van der Waals surface area contributed by atoms with Gasteiger partial charge in [0.2, 0.25) is 0 Å². The SMILES string of the molecule is CC1CCC(O)CC(O)CC(O)CC(=O)O[C@@H](C)[C@H](C)[C@H](O)[C@@H](C)/C=C/C=C/C=C/C=C/C=C/C=C/C=C/[C@H](OC2OC(C)C(O)C(N)C2C)CC2O[C@@](O)(CC(C)C2C)CC1O.